The number of carbonyl (C=O) groups is 1. The van der Waals surface area contributed by atoms with E-state index in [2.05, 4.69) is 15.3 Å². The number of carbonyl (C=O) groups excluding carboxylic acids is 1. The summed E-state index contributed by atoms with van der Waals surface area (Å²) < 4.78 is 37.0. The minimum absolute atomic E-state index is 0.100. The zero-order chi connectivity index (χ0) is 22.9. The molecule has 1 amide bonds. The quantitative estimate of drug-likeness (QED) is 0.376. The lowest BCUT2D eigenvalue weighted by atomic mass is 10.1. The van der Waals surface area contributed by atoms with Crippen molar-refractivity contribution < 1.29 is 28.1 Å². The van der Waals surface area contributed by atoms with Gasteiger partial charge < -0.3 is 29.2 Å². The lowest BCUT2D eigenvalue weighted by Gasteiger charge is -2.14. The van der Waals surface area contributed by atoms with Crippen LogP contribution in [0.1, 0.15) is 18.5 Å². The van der Waals surface area contributed by atoms with Crippen LogP contribution in [0.2, 0.25) is 0 Å². The molecule has 2 aromatic heterocycles. The number of aryl methyl sites for hydroxylation is 1. The maximum Gasteiger partial charge on any atom is 0.410 e. The van der Waals surface area contributed by atoms with Crippen LogP contribution in [0.25, 0.3) is 21.8 Å². The fraction of sp³-hybridized carbons (Fsp3) is 0.250. The standard InChI is InChI=1S/C24H22FN3O5/c1-13-9-16-17(27-13)5-6-20(23(16)25)33-19-7-8-26-18-11-22(21(30-2)10-15(18)19)31-12-32-24(29)28-14-3-4-14/h5-11,14,27H,3-4,12H2,1-2H3,(H,28,29). The highest BCUT2D eigenvalue weighted by atomic mass is 19.1. The number of ether oxygens (including phenoxy) is 4. The molecule has 0 saturated heterocycles. The van der Waals surface area contributed by atoms with Crippen LogP contribution in [-0.2, 0) is 4.74 Å². The summed E-state index contributed by atoms with van der Waals surface area (Å²) in [7, 11) is 1.49. The predicted octanol–water partition coefficient (Wildman–Crippen LogP) is 5.19. The Balaban J connectivity index is 1.40. The average molecular weight is 451 g/mol. The van der Waals surface area contributed by atoms with Crippen LogP contribution >= 0.6 is 0 Å². The molecule has 0 aliphatic heterocycles. The van der Waals surface area contributed by atoms with Crippen LogP contribution < -0.4 is 19.5 Å². The van der Waals surface area contributed by atoms with Gasteiger partial charge in [-0.15, -0.1) is 0 Å². The molecule has 2 N–H and O–H groups in total. The second kappa shape index (κ2) is 8.50. The minimum atomic E-state index is -0.525. The number of nitrogens with one attached hydrogen (secondary N) is 2. The molecule has 1 fully saturated rings. The van der Waals surface area contributed by atoms with Crippen LogP contribution in [0.4, 0.5) is 9.18 Å². The summed E-state index contributed by atoms with van der Waals surface area (Å²) >= 11 is 0. The number of pyridine rings is 1. The predicted molar refractivity (Wildman–Crippen MR) is 119 cm³/mol. The van der Waals surface area contributed by atoms with Crippen LogP contribution in [0.5, 0.6) is 23.0 Å². The molecule has 0 bridgehead atoms. The molecular formula is C24H22FN3O5. The summed E-state index contributed by atoms with van der Waals surface area (Å²) in [6.45, 7) is 1.59. The van der Waals surface area contributed by atoms with Gasteiger partial charge in [0.25, 0.3) is 0 Å². The molecule has 1 saturated carbocycles. The molecule has 2 aromatic carbocycles. The van der Waals surface area contributed by atoms with Crippen LogP contribution in [0.15, 0.2) is 42.6 Å². The number of alkyl carbamates (subject to hydrolysis) is 1. The van der Waals surface area contributed by atoms with Gasteiger partial charge in [0.2, 0.25) is 6.79 Å². The molecule has 1 aliphatic rings. The van der Waals surface area contributed by atoms with Gasteiger partial charge >= 0.3 is 6.09 Å². The van der Waals surface area contributed by atoms with Crippen molar-refractivity contribution in [3.05, 3.63) is 54.1 Å². The highest BCUT2D eigenvalue weighted by Gasteiger charge is 2.24. The van der Waals surface area contributed by atoms with Crippen molar-refractivity contribution in [1.82, 2.24) is 15.3 Å². The summed E-state index contributed by atoms with van der Waals surface area (Å²) in [5, 5.41) is 3.78. The molecular weight excluding hydrogens is 429 g/mol. The monoisotopic (exact) mass is 451 g/mol. The number of rotatable bonds is 7. The third-order valence-electron chi connectivity index (χ3n) is 5.35. The van der Waals surface area contributed by atoms with Gasteiger partial charge in [0.05, 0.1) is 12.6 Å². The summed E-state index contributed by atoms with van der Waals surface area (Å²) in [5.74, 6) is 0.808. The van der Waals surface area contributed by atoms with Crippen LogP contribution in [-0.4, -0.2) is 36.0 Å². The molecule has 170 valence electrons. The van der Waals surface area contributed by atoms with Gasteiger partial charge in [0.1, 0.15) is 5.75 Å². The van der Waals surface area contributed by atoms with E-state index in [-0.39, 0.29) is 18.6 Å². The first kappa shape index (κ1) is 20.9. The SMILES string of the molecule is COc1cc2c(Oc3ccc4[nH]c(C)cc4c3F)ccnc2cc1OCOC(=O)NC1CC1. The second-order valence-corrected chi connectivity index (χ2v) is 7.84. The summed E-state index contributed by atoms with van der Waals surface area (Å²) in [6.07, 6.45) is 2.97. The Morgan fingerprint density at radius 2 is 1.97 bits per heavy atom. The molecule has 5 rings (SSSR count). The molecule has 1 aliphatic carbocycles. The number of nitrogens with zero attached hydrogens (tertiary/aromatic N) is 1. The Morgan fingerprint density at radius 1 is 1.12 bits per heavy atom. The Morgan fingerprint density at radius 3 is 2.76 bits per heavy atom. The molecule has 2 heterocycles. The van der Waals surface area contributed by atoms with E-state index in [4.69, 9.17) is 18.9 Å². The number of halogens is 1. The van der Waals surface area contributed by atoms with E-state index in [9.17, 15) is 4.79 Å². The van der Waals surface area contributed by atoms with Gasteiger partial charge in [-0.3, -0.25) is 4.98 Å². The van der Waals surface area contributed by atoms with Crippen molar-refractivity contribution in [3.63, 3.8) is 0 Å². The highest BCUT2D eigenvalue weighted by molar-refractivity contribution is 5.89. The number of fused-ring (bicyclic) bond motifs is 2. The summed E-state index contributed by atoms with van der Waals surface area (Å²) in [4.78, 5) is 19.1. The van der Waals surface area contributed by atoms with E-state index >= 15 is 4.39 Å². The van der Waals surface area contributed by atoms with E-state index in [1.54, 1.807) is 42.6 Å². The Labute approximate surface area is 188 Å². The second-order valence-electron chi connectivity index (χ2n) is 7.84. The molecule has 0 spiro atoms. The average Bonchev–Trinajstić information content (AvgIpc) is 3.53. The van der Waals surface area contributed by atoms with Gasteiger partial charge in [-0.2, -0.15) is 0 Å². The molecule has 0 radical (unpaired) electrons. The zero-order valence-electron chi connectivity index (χ0n) is 18.1. The Bertz CT molecular complexity index is 1350. The first-order valence-electron chi connectivity index (χ1n) is 10.5. The number of aromatic amines is 1. The van der Waals surface area contributed by atoms with Crippen LogP contribution in [0.3, 0.4) is 0 Å². The third-order valence-corrected chi connectivity index (χ3v) is 5.35. The van der Waals surface area contributed by atoms with E-state index < -0.39 is 11.9 Å². The highest BCUT2D eigenvalue weighted by Crippen LogP contribution is 2.38. The first-order valence-corrected chi connectivity index (χ1v) is 10.5. The first-order chi connectivity index (χ1) is 16.0. The van der Waals surface area contributed by atoms with Gasteiger partial charge in [0.15, 0.2) is 23.1 Å². The molecule has 0 unspecified atom stereocenters. The van der Waals surface area contributed by atoms with Crippen LogP contribution in [0, 0.1) is 12.7 Å². The van der Waals surface area contributed by atoms with Crippen molar-refractivity contribution in [2.75, 3.05) is 13.9 Å². The van der Waals surface area contributed by atoms with Gasteiger partial charge in [-0.1, -0.05) is 0 Å². The Hall–Kier alpha value is -4.01. The fourth-order valence-corrected chi connectivity index (χ4v) is 3.56. The molecule has 33 heavy (non-hydrogen) atoms. The van der Waals surface area contributed by atoms with Crippen molar-refractivity contribution in [1.29, 1.82) is 0 Å². The summed E-state index contributed by atoms with van der Waals surface area (Å²) in [5.41, 5.74) is 2.11. The normalized spacial score (nSPS) is 13.2. The molecule has 0 atom stereocenters. The van der Waals surface area contributed by atoms with Gasteiger partial charge in [-0.05, 0) is 50.1 Å². The lowest BCUT2D eigenvalue weighted by molar-refractivity contribution is 0.0577. The zero-order valence-corrected chi connectivity index (χ0v) is 18.1. The molecule has 4 aromatic rings. The maximum absolute atomic E-state index is 15.0. The Kier molecular flexibility index (Phi) is 5.37. The maximum atomic E-state index is 15.0. The fourth-order valence-electron chi connectivity index (χ4n) is 3.56. The molecule has 9 heteroatoms. The third kappa shape index (κ3) is 4.34. The van der Waals surface area contributed by atoms with Crippen molar-refractivity contribution in [2.45, 2.75) is 25.8 Å². The van der Waals surface area contributed by atoms with Crippen molar-refractivity contribution >= 4 is 27.9 Å². The number of benzene rings is 2. The number of methoxy groups -OCH3 is 1. The number of H-pyrrole nitrogens is 1. The summed E-state index contributed by atoms with van der Waals surface area (Å²) in [6, 6.07) is 10.3. The van der Waals surface area contributed by atoms with E-state index in [0.29, 0.717) is 39.1 Å². The number of aromatic nitrogens is 2. The van der Waals surface area contributed by atoms with Crippen molar-refractivity contribution in [3.8, 4) is 23.0 Å². The van der Waals surface area contributed by atoms with E-state index in [1.165, 1.54) is 7.11 Å². The van der Waals surface area contributed by atoms with E-state index in [1.807, 2.05) is 6.92 Å². The van der Waals surface area contributed by atoms with Crippen molar-refractivity contribution in [2.24, 2.45) is 0 Å². The smallest absolute Gasteiger partial charge is 0.410 e. The van der Waals surface area contributed by atoms with Gasteiger partial charge in [-0.25, -0.2) is 9.18 Å². The van der Waals surface area contributed by atoms with Gasteiger partial charge in [0, 0.05) is 40.3 Å². The topological polar surface area (TPSA) is 94.7 Å². The minimum Gasteiger partial charge on any atom is -0.493 e. The lowest BCUT2D eigenvalue weighted by Crippen LogP contribution is -2.27. The largest absolute Gasteiger partial charge is 0.493 e. The number of hydrogen-bond acceptors (Lipinski definition) is 6. The van der Waals surface area contributed by atoms with E-state index in [0.717, 1.165) is 18.5 Å². The number of amides is 1. The number of hydrogen-bond donors (Lipinski definition) is 2. The molecule has 8 nitrogen and oxygen atoms in total.